The maximum atomic E-state index is 12.9. The van der Waals surface area contributed by atoms with Gasteiger partial charge in [-0.1, -0.05) is 12.5 Å². The zero-order valence-corrected chi connectivity index (χ0v) is 16.1. The van der Waals surface area contributed by atoms with E-state index in [0.29, 0.717) is 19.5 Å². The van der Waals surface area contributed by atoms with Crippen LogP contribution in [0.4, 0.5) is 4.39 Å². The van der Waals surface area contributed by atoms with Crippen LogP contribution in [0.5, 0.6) is 0 Å². The van der Waals surface area contributed by atoms with Crippen molar-refractivity contribution in [3.63, 3.8) is 0 Å². The molecule has 1 fully saturated rings. The first-order chi connectivity index (χ1) is 12.4. The molecular formula is C20H30FN3O2. The Morgan fingerprint density at radius 2 is 1.96 bits per heavy atom. The van der Waals surface area contributed by atoms with Crippen LogP contribution in [0.15, 0.2) is 18.3 Å². The molecule has 0 aliphatic heterocycles. The zero-order valence-electron chi connectivity index (χ0n) is 16.1. The lowest BCUT2D eigenvalue weighted by Gasteiger charge is -2.30. The molecule has 0 spiro atoms. The van der Waals surface area contributed by atoms with Gasteiger partial charge in [0.05, 0.1) is 18.8 Å². The Balaban J connectivity index is 1.80. The highest BCUT2D eigenvalue weighted by Gasteiger charge is 2.29. The molecular weight excluding hydrogens is 333 g/mol. The topological polar surface area (TPSA) is 53.5 Å². The van der Waals surface area contributed by atoms with Crippen molar-refractivity contribution in [2.45, 2.75) is 39.0 Å². The fourth-order valence-corrected chi connectivity index (χ4v) is 3.48. The third-order valence-electron chi connectivity index (χ3n) is 5.36. The lowest BCUT2D eigenvalue weighted by Crippen LogP contribution is -2.41. The molecule has 1 aliphatic rings. The second kappa shape index (κ2) is 9.64. The molecule has 0 radical (unpaired) electrons. The number of carbonyl (C=O) groups is 2. The van der Waals surface area contributed by atoms with E-state index in [1.165, 1.54) is 0 Å². The molecule has 0 bridgehead atoms. The van der Waals surface area contributed by atoms with E-state index in [-0.39, 0.29) is 36.7 Å². The SMILES string of the molecule is Cc1cccnc1CC(=O)N(C)CCN(C)C(=O)[C@@H]1CCC[C@H](CF)C1. The van der Waals surface area contributed by atoms with Gasteiger partial charge in [-0.3, -0.25) is 19.0 Å². The number of hydrogen-bond donors (Lipinski definition) is 0. The van der Waals surface area contributed by atoms with Crippen molar-refractivity contribution in [2.24, 2.45) is 11.8 Å². The predicted octanol–water partition coefficient (Wildman–Crippen LogP) is 2.63. The molecule has 2 rings (SSSR count). The van der Waals surface area contributed by atoms with E-state index in [1.807, 2.05) is 19.1 Å². The molecule has 1 aromatic rings. The minimum atomic E-state index is -0.336. The summed E-state index contributed by atoms with van der Waals surface area (Å²) in [5.74, 6) is 0.0102. The highest BCUT2D eigenvalue weighted by Crippen LogP contribution is 2.30. The van der Waals surface area contributed by atoms with E-state index in [2.05, 4.69) is 4.98 Å². The largest absolute Gasteiger partial charge is 0.344 e. The van der Waals surface area contributed by atoms with Gasteiger partial charge in [0, 0.05) is 39.3 Å². The number of rotatable bonds is 7. The van der Waals surface area contributed by atoms with E-state index < -0.39 is 0 Å². The number of halogens is 1. The van der Waals surface area contributed by atoms with Crippen LogP contribution in [0.1, 0.15) is 36.9 Å². The summed E-state index contributed by atoms with van der Waals surface area (Å²) >= 11 is 0. The summed E-state index contributed by atoms with van der Waals surface area (Å²) in [6.45, 7) is 2.57. The van der Waals surface area contributed by atoms with E-state index in [9.17, 15) is 14.0 Å². The van der Waals surface area contributed by atoms with Crippen LogP contribution in [0, 0.1) is 18.8 Å². The molecule has 1 saturated carbocycles. The minimum absolute atomic E-state index is 0.0113. The van der Waals surface area contributed by atoms with Gasteiger partial charge < -0.3 is 9.80 Å². The van der Waals surface area contributed by atoms with Gasteiger partial charge in [-0.25, -0.2) is 0 Å². The van der Waals surface area contributed by atoms with Gasteiger partial charge in [-0.2, -0.15) is 0 Å². The number of nitrogens with zero attached hydrogens (tertiary/aromatic N) is 3. The van der Waals surface area contributed by atoms with Crippen molar-refractivity contribution in [1.82, 2.24) is 14.8 Å². The van der Waals surface area contributed by atoms with Crippen LogP contribution in [-0.2, 0) is 16.0 Å². The van der Waals surface area contributed by atoms with E-state index in [4.69, 9.17) is 0 Å². The van der Waals surface area contributed by atoms with Crippen molar-refractivity contribution in [3.05, 3.63) is 29.6 Å². The third kappa shape index (κ3) is 5.51. The molecule has 6 heteroatoms. The smallest absolute Gasteiger partial charge is 0.228 e. The quantitative estimate of drug-likeness (QED) is 0.748. The van der Waals surface area contributed by atoms with Gasteiger partial charge in [-0.15, -0.1) is 0 Å². The fourth-order valence-electron chi connectivity index (χ4n) is 3.48. The van der Waals surface area contributed by atoms with Crippen molar-refractivity contribution in [1.29, 1.82) is 0 Å². The average molecular weight is 363 g/mol. The third-order valence-corrected chi connectivity index (χ3v) is 5.36. The minimum Gasteiger partial charge on any atom is -0.344 e. The van der Waals surface area contributed by atoms with Gasteiger partial charge in [-0.05, 0) is 43.7 Å². The van der Waals surface area contributed by atoms with Crippen molar-refractivity contribution >= 4 is 11.8 Å². The molecule has 0 N–H and O–H groups in total. The summed E-state index contributed by atoms with van der Waals surface area (Å²) < 4.78 is 12.9. The first-order valence-electron chi connectivity index (χ1n) is 9.37. The second-order valence-electron chi connectivity index (χ2n) is 7.40. The summed E-state index contributed by atoms with van der Waals surface area (Å²) in [4.78, 5) is 32.5. The lowest BCUT2D eigenvalue weighted by molar-refractivity contribution is -0.137. The van der Waals surface area contributed by atoms with Crippen LogP contribution < -0.4 is 0 Å². The second-order valence-corrected chi connectivity index (χ2v) is 7.40. The first-order valence-corrected chi connectivity index (χ1v) is 9.37. The Labute approximate surface area is 155 Å². The number of carbonyl (C=O) groups excluding carboxylic acids is 2. The molecule has 0 unspecified atom stereocenters. The molecule has 144 valence electrons. The molecule has 1 heterocycles. The van der Waals surface area contributed by atoms with Gasteiger partial charge >= 0.3 is 0 Å². The summed E-state index contributed by atoms with van der Waals surface area (Å²) in [5, 5.41) is 0. The highest BCUT2D eigenvalue weighted by atomic mass is 19.1. The fraction of sp³-hybridized carbons (Fsp3) is 0.650. The van der Waals surface area contributed by atoms with Gasteiger partial charge in [0.25, 0.3) is 0 Å². The molecule has 2 amide bonds. The zero-order chi connectivity index (χ0) is 19.1. The summed E-state index contributed by atoms with van der Waals surface area (Å²) in [6.07, 6.45) is 5.24. The molecule has 1 aliphatic carbocycles. The lowest BCUT2D eigenvalue weighted by atomic mass is 9.81. The monoisotopic (exact) mass is 363 g/mol. The molecule has 5 nitrogen and oxygen atoms in total. The molecule has 0 saturated heterocycles. The van der Waals surface area contributed by atoms with Gasteiger partial charge in [0.1, 0.15) is 0 Å². The maximum Gasteiger partial charge on any atom is 0.228 e. The maximum absolute atomic E-state index is 12.9. The van der Waals surface area contributed by atoms with Crippen molar-refractivity contribution < 1.29 is 14.0 Å². The number of aryl methyl sites for hydroxylation is 1. The van der Waals surface area contributed by atoms with Crippen LogP contribution >= 0.6 is 0 Å². The number of pyridine rings is 1. The number of aromatic nitrogens is 1. The Morgan fingerprint density at radius 3 is 2.65 bits per heavy atom. The van der Waals surface area contributed by atoms with Crippen molar-refractivity contribution in [2.75, 3.05) is 33.9 Å². The standard InChI is InChI=1S/C20H30FN3O2/c1-15-6-5-9-22-18(15)13-19(25)23(2)10-11-24(3)20(26)17-8-4-7-16(12-17)14-21/h5-6,9,16-17H,4,7-8,10-14H2,1-3H3/t16-,17+/m0/s1. The number of amides is 2. The Morgan fingerprint density at radius 1 is 1.23 bits per heavy atom. The Kier molecular flexibility index (Phi) is 7.54. The average Bonchev–Trinajstić information content (AvgIpc) is 2.66. The Bertz CT molecular complexity index is 623. The van der Waals surface area contributed by atoms with Crippen LogP contribution in [0.2, 0.25) is 0 Å². The highest BCUT2D eigenvalue weighted by molar-refractivity contribution is 5.79. The molecule has 2 atom stereocenters. The molecule has 26 heavy (non-hydrogen) atoms. The van der Waals surface area contributed by atoms with Crippen LogP contribution in [0.25, 0.3) is 0 Å². The number of hydrogen-bond acceptors (Lipinski definition) is 3. The van der Waals surface area contributed by atoms with E-state index in [0.717, 1.165) is 30.5 Å². The Hall–Kier alpha value is -1.98. The summed E-state index contributed by atoms with van der Waals surface area (Å²) in [7, 11) is 3.52. The predicted molar refractivity (Wildman–Crippen MR) is 99.4 cm³/mol. The normalized spacial score (nSPS) is 19.8. The molecule has 0 aromatic carbocycles. The van der Waals surface area contributed by atoms with Crippen LogP contribution in [0.3, 0.4) is 0 Å². The number of likely N-dealkylation sites (N-methyl/N-ethyl adjacent to an activating group) is 2. The van der Waals surface area contributed by atoms with Crippen LogP contribution in [-0.4, -0.2) is 60.5 Å². The van der Waals surface area contributed by atoms with Gasteiger partial charge in [0.15, 0.2) is 0 Å². The first kappa shape index (κ1) is 20.3. The van der Waals surface area contributed by atoms with E-state index >= 15 is 0 Å². The van der Waals surface area contributed by atoms with Gasteiger partial charge in [0.2, 0.25) is 11.8 Å². The summed E-state index contributed by atoms with van der Waals surface area (Å²) in [6, 6.07) is 3.79. The molecule has 1 aromatic heterocycles. The summed E-state index contributed by atoms with van der Waals surface area (Å²) in [5.41, 5.74) is 1.79. The van der Waals surface area contributed by atoms with Crippen molar-refractivity contribution in [3.8, 4) is 0 Å². The number of alkyl halides is 1. The van der Waals surface area contributed by atoms with E-state index in [1.54, 1.807) is 30.1 Å².